The number of hydrogen-bond acceptors (Lipinski definition) is 6. The number of anilines is 1. The maximum Gasteiger partial charge on any atom is 0.273 e. The first kappa shape index (κ1) is 14.8. The highest BCUT2D eigenvalue weighted by Crippen LogP contribution is 2.40. The van der Waals surface area contributed by atoms with Gasteiger partial charge in [-0.2, -0.15) is 5.26 Å². The molecule has 0 aliphatic heterocycles. The third-order valence-electron chi connectivity index (χ3n) is 3.23. The molecule has 0 spiro atoms. The van der Waals surface area contributed by atoms with E-state index in [0.717, 1.165) is 41.0 Å². The summed E-state index contributed by atoms with van der Waals surface area (Å²) in [5.74, 6) is 0. The molecule has 0 radical (unpaired) electrons. The fourth-order valence-electron chi connectivity index (χ4n) is 2.36. The van der Waals surface area contributed by atoms with Gasteiger partial charge in [0, 0.05) is 4.88 Å². The highest BCUT2D eigenvalue weighted by atomic mass is 35.5. The van der Waals surface area contributed by atoms with Gasteiger partial charge in [-0.1, -0.05) is 22.9 Å². The van der Waals surface area contributed by atoms with Gasteiger partial charge in [-0.15, -0.1) is 11.3 Å². The molecule has 0 amide bonds. The van der Waals surface area contributed by atoms with Gasteiger partial charge >= 0.3 is 0 Å². The Hall–Kier alpha value is -1.14. The number of aryl methyl sites for hydroxylation is 2. The van der Waals surface area contributed by atoms with E-state index in [1.807, 2.05) is 0 Å². The maximum atomic E-state index is 12.4. The van der Waals surface area contributed by atoms with Crippen LogP contribution in [0.2, 0.25) is 4.47 Å². The molecule has 2 aromatic rings. The Balaban J connectivity index is 2.01. The monoisotopic (exact) mass is 359 g/mol. The van der Waals surface area contributed by atoms with Crippen LogP contribution in [0.25, 0.3) is 0 Å². The molecule has 9 heteroatoms. The van der Waals surface area contributed by atoms with Crippen molar-refractivity contribution in [1.29, 1.82) is 5.26 Å². The molecule has 110 valence electrons. The molecule has 1 aliphatic rings. The van der Waals surface area contributed by atoms with Crippen LogP contribution in [-0.2, 0) is 22.9 Å². The number of halogens is 1. The summed E-state index contributed by atoms with van der Waals surface area (Å²) in [7, 11) is -3.76. The zero-order valence-electron chi connectivity index (χ0n) is 10.9. The molecule has 2 heterocycles. The summed E-state index contributed by atoms with van der Waals surface area (Å²) >= 11 is 8.02. The topological polar surface area (TPSA) is 82.8 Å². The van der Waals surface area contributed by atoms with Gasteiger partial charge in [-0.3, -0.25) is 4.72 Å². The van der Waals surface area contributed by atoms with Crippen LogP contribution in [0.5, 0.6) is 0 Å². The third kappa shape index (κ3) is 2.55. The van der Waals surface area contributed by atoms with Gasteiger partial charge in [-0.25, -0.2) is 13.4 Å². The number of thiazole rings is 1. The standard InChI is InChI=1S/C12H10ClN3O2S3/c1-6-11(20-12(13)15-6)21(17,18)16-10-8(5-14)7-3-2-4-9(7)19-10/h16H,2-4H2,1H3. The average molecular weight is 360 g/mol. The molecule has 0 saturated carbocycles. The molecule has 0 aromatic carbocycles. The molecule has 21 heavy (non-hydrogen) atoms. The number of aromatic nitrogens is 1. The number of nitriles is 1. The van der Waals surface area contributed by atoms with Gasteiger partial charge in [-0.05, 0) is 31.7 Å². The van der Waals surface area contributed by atoms with E-state index < -0.39 is 10.0 Å². The number of thiophene rings is 1. The summed E-state index contributed by atoms with van der Waals surface area (Å²) in [6.07, 6.45) is 2.76. The van der Waals surface area contributed by atoms with E-state index >= 15 is 0 Å². The molecule has 3 rings (SSSR count). The van der Waals surface area contributed by atoms with E-state index in [2.05, 4.69) is 15.8 Å². The van der Waals surface area contributed by atoms with Gasteiger partial charge in [0.1, 0.15) is 11.1 Å². The molecule has 5 nitrogen and oxygen atoms in total. The van der Waals surface area contributed by atoms with Crippen molar-refractivity contribution in [3.63, 3.8) is 0 Å². The lowest BCUT2D eigenvalue weighted by Crippen LogP contribution is -2.12. The molecule has 1 N–H and O–H groups in total. The SMILES string of the molecule is Cc1nc(Cl)sc1S(=O)(=O)Nc1sc2c(c1C#N)CCC2. The van der Waals surface area contributed by atoms with Crippen LogP contribution in [0.4, 0.5) is 5.00 Å². The zero-order valence-corrected chi connectivity index (χ0v) is 14.1. The van der Waals surface area contributed by atoms with Crippen molar-refractivity contribution >= 4 is 49.3 Å². The van der Waals surface area contributed by atoms with Crippen molar-refractivity contribution in [1.82, 2.24) is 4.98 Å². The Bertz CT molecular complexity index is 861. The average Bonchev–Trinajstić information content (AvgIpc) is 3.03. The van der Waals surface area contributed by atoms with Crippen molar-refractivity contribution in [2.24, 2.45) is 0 Å². The molecule has 1 aliphatic carbocycles. The fraction of sp³-hybridized carbons (Fsp3) is 0.333. The number of hydrogen-bond donors (Lipinski definition) is 1. The van der Waals surface area contributed by atoms with E-state index in [0.29, 0.717) is 16.3 Å². The Kier molecular flexibility index (Phi) is 3.69. The minimum absolute atomic E-state index is 0.0879. The maximum absolute atomic E-state index is 12.4. The Morgan fingerprint density at radius 1 is 1.38 bits per heavy atom. The van der Waals surface area contributed by atoms with Gasteiger partial charge in [0.2, 0.25) is 0 Å². The lowest BCUT2D eigenvalue weighted by Gasteiger charge is -2.05. The summed E-state index contributed by atoms with van der Waals surface area (Å²) in [6, 6.07) is 2.11. The van der Waals surface area contributed by atoms with Crippen LogP contribution in [-0.4, -0.2) is 13.4 Å². The second-order valence-electron chi connectivity index (χ2n) is 4.62. The molecule has 0 fully saturated rings. The first-order valence-electron chi connectivity index (χ1n) is 6.12. The Labute approximate surface area is 135 Å². The van der Waals surface area contributed by atoms with E-state index in [-0.39, 0.29) is 8.68 Å². The van der Waals surface area contributed by atoms with Gasteiger partial charge in [0.15, 0.2) is 8.68 Å². The lowest BCUT2D eigenvalue weighted by molar-refractivity contribution is 0.602. The molecule has 2 aromatic heterocycles. The number of nitrogens with zero attached hydrogens (tertiary/aromatic N) is 2. The molecule has 0 atom stereocenters. The Morgan fingerprint density at radius 3 is 2.76 bits per heavy atom. The predicted molar refractivity (Wildman–Crippen MR) is 83.7 cm³/mol. The summed E-state index contributed by atoms with van der Waals surface area (Å²) in [4.78, 5) is 5.02. The van der Waals surface area contributed by atoms with Gasteiger partial charge in [0.05, 0.1) is 11.3 Å². The van der Waals surface area contributed by atoms with Crippen LogP contribution in [0.3, 0.4) is 0 Å². The first-order valence-corrected chi connectivity index (χ1v) is 9.62. The lowest BCUT2D eigenvalue weighted by atomic mass is 10.1. The second kappa shape index (κ2) is 5.25. The zero-order chi connectivity index (χ0) is 15.2. The predicted octanol–water partition coefficient (Wildman–Crippen LogP) is 3.33. The third-order valence-corrected chi connectivity index (χ3v) is 7.79. The first-order chi connectivity index (χ1) is 9.92. The molecule has 0 saturated heterocycles. The van der Waals surface area contributed by atoms with E-state index in [4.69, 9.17) is 11.6 Å². The van der Waals surface area contributed by atoms with Crippen molar-refractivity contribution in [2.75, 3.05) is 4.72 Å². The molecular weight excluding hydrogens is 350 g/mol. The smallest absolute Gasteiger partial charge is 0.269 e. The summed E-state index contributed by atoms with van der Waals surface area (Å²) < 4.78 is 27.6. The van der Waals surface area contributed by atoms with Gasteiger partial charge in [0.25, 0.3) is 10.0 Å². The minimum Gasteiger partial charge on any atom is -0.269 e. The Morgan fingerprint density at radius 2 is 2.14 bits per heavy atom. The van der Waals surface area contributed by atoms with E-state index in [1.54, 1.807) is 6.92 Å². The van der Waals surface area contributed by atoms with Crippen molar-refractivity contribution in [2.45, 2.75) is 30.4 Å². The molecular formula is C12H10ClN3O2S3. The highest BCUT2D eigenvalue weighted by Gasteiger charge is 2.27. The van der Waals surface area contributed by atoms with E-state index in [1.165, 1.54) is 11.3 Å². The second-order valence-corrected chi connectivity index (χ2v) is 9.18. The number of fused-ring (bicyclic) bond motifs is 1. The van der Waals surface area contributed by atoms with E-state index in [9.17, 15) is 13.7 Å². The van der Waals surface area contributed by atoms with Crippen LogP contribution in [0.15, 0.2) is 4.21 Å². The van der Waals surface area contributed by atoms with Gasteiger partial charge < -0.3 is 0 Å². The molecule has 0 unspecified atom stereocenters. The van der Waals surface area contributed by atoms with Crippen molar-refractivity contribution in [3.8, 4) is 6.07 Å². The van der Waals surface area contributed by atoms with Crippen LogP contribution < -0.4 is 4.72 Å². The van der Waals surface area contributed by atoms with Crippen molar-refractivity contribution < 1.29 is 8.42 Å². The fourth-order valence-corrected chi connectivity index (χ4v) is 6.65. The quantitative estimate of drug-likeness (QED) is 0.911. The summed E-state index contributed by atoms with van der Waals surface area (Å²) in [6.45, 7) is 1.59. The minimum atomic E-state index is -3.76. The normalized spacial score (nSPS) is 14.0. The largest absolute Gasteiger partial charge is 0.273 e. The summed E-state index contributed by atoms with van der Waals surface area (Å²) in [5, 5.41) is 9.68. The van der Waals surface area contributed by atoms with Crippen LogP contribution >= 0.6 is 34.3 Å². The van der Waals surface area contributed by atoms with Crippen LogP contribution in [0.1, 0.15) is 28.1 Å². The highest BCUT2D eigenvalue weighted by molar-refractivity contribution is 7.95. The number of sulfonamides is 1. The van der Waals surface area contributed by atoms with Crippen LogP contribution in [0, 0.1) is 18.3 Å². The van der Waals surface area contributed by atoms with Crippen molar-refractivity contribution in [3.05, 3.63) is 26.2 Å². The summed E-state index contributed by atoms with van der Waals surface area (Å²) in [5.41, 5.74) is 1.80. The number of rotatable bonds is 3. The number of nitrogens with one attached hydrogen (secondary N) is 1. The molecule has 0 bridgehead atoms.